The van der Waals surface area contributed by atoms with Gasteiger partial charge in [0.1, 0.15) is 0 Å². The number of carbonyl (C=O) groups is 1. The van der Waals surface area contributed by atoms with Crippen molar-refractivity contribution in [2.75, 3.05) is 0 Å². The van der Waals surface area contributed by atoms with Gasteiger partial charge >= 0.3 is 0 Å². The normalized spacial score (nSPS) is 12.1. The highest BCUT2D eigenvalue weighted by Crippen LogP contribution is 2.14. The monoisotopic (exact) mass is 311 g/mol. The summed E-state index contributed by atoms with van der Waals surface area (Å²) in [6, 6.07) is 11.0. The first-order valence-corrected chi connectivity index (χ1v) is 7.41. The Morgan fingerprint density at radius 3 is 2.83 bits per heavy atom. The van der Waals surface area contributed by atoms with E-state index in [-0.39, 0.29) is 17.6 Å². The van der Waals surface area contributed by atoms with Crippen LogP contribution in [0.4, 0.5) is 0 Å². The Morgan fingerprint density at radius 1 is 1.35 bits per heavy atom. The fourth-order valence-corrected chi connectivity index (χ4v) is 2.12. The second kappa shape index (κ2) is 6.43. The molecule has 3 aromatic rings. The van der Waals surface area contributed by atoms with E-state index in [1.54, 1.807) is 10.9 Å². The van der Waals surface area contributed by atoms with Crippen molar-refractivity contribution in [3.63, 3.8) is 0 Å². The van der Waals surface area contributed by atoms with Gasteiger partial charge in [0.25, 0.3) is 5.91 Å². The molecule has 1 amide bonds. The molecular weight excluding hydrogens is 294 g/mol. The summed E-state index contributed by atoms with van der Waals surface area (Å²) < 4.78 is 6.78. The Bertz CT molecular complexity index is 794. The summed E-state index contributed by atoms with van der Waals surface area (Å²) in [5.41, 5.74) is 1.95. The fourth-order valence-electron chi connectivity index (χ4n) is 2.12. The molecule has 0 fully saturated rings. The number of nitrogens with zero attached hydrogens (tertiary/aromatic N) is 4. The summed E-state index contributed by atoms with van der Waals surface area (Å²) in [6.45, 7) is 3.83. The Balaban J connectivity index is 1.70. The van der Waals surface area contributed by atoms with Gasteiger partial charge in [0.15, 0.2) is 11.5 Å². The summed E-state index contributed by atoms with van der Waals surface area (Å²) in [5.74, 6) is 0.305. The third-order valence-corrected chi connectivity index (χ3v) is 3.46. The number of aryl methyl sites for hydroxylation is 1. The number of hydrogen-bond acceptors (Lipinski definition) is 5. The Hall–Kier alpha value is -2.96. The highest BCUT2D eigenvalue weighted by Gasteiger charge is 2.18. The van der Waals surface area contributed by atoms with Crippen LogP contribution in [0.2, 0.25) is 0 Å². The smallest absolute Gasteiger partial charge is 0.274 e. The van der Waals surface area contributed by atoms with Crippen LogP contribution < -0.4 is 5.32 Å². The maximum Gasteiger partial charge on any atom is 0.274 e. The van der Waals surface area contributed by atoms with Crippen molar-refractivity contribution in [2.24, 2.45) is 0 Å². The number of amides is 1. The minimum atomic E-state index is -0.311. The minimum absolute atomic E-state index is 0.246. The Labute approximate surface area is 133 Å². The zero-order chi connectivity index (χ0) is 16.2. The fraction of sp³-hybridized carbons (Fsp3) is 0.250. The molecule has 0 bridgehead atoms. The Kier molecular flexibility index (Phi) is 4.18. The van der Waals surface area contributed by atoms with Gasteiger partial charge in [0.05, 0.1) is 23.6 Å². The van der Waals surface area contributed by atoms with Crippen molar-refractivity contribution < 1.29 is 9.32 Å². The predicted molar refractivity (Wildman–Crippen MR) is 83.1 cm³/mol. The molecule has 3 rings (SSSR count). The van der Waals surface area contributed by atoms with Crippen molar-refractivity contribution in [2.45, 2.75) is 26.3 Å². The van der Waals surface area contributed by atoms with Gasteiger partial charge in [-0.05, 0) is 25.5 Å². The van der Waals surface area contributed by atoms with Crippen LogP contribution in [0.1, 0.15) is 41.8 Å². The Morgan fingerprint density at radius 2 is 2.13 bits per heavy atom. The van der Waals surface area contributed by atoms with Crippen LogP contribution in [0.25, 0.3) is 5.69 Å². The summed E-state index contributed by atoms with van der Waals surface area (Å²) in [7, 11) is 0. The molecule has 1 aromatic carbocycles. The van der Waals surface area contributed by atoms with E-state index in [2.05, 4.69) is 20.8 Å². The molecule has 1 N–H and O–H groups in total. The van der Waals surface area contributed by atoms with Crippen LogP contribution in [0.15, 0.2) is 47.1 Å². The molecule has 0 aliphatic carbocycles. The first-order chi connectivity index (χ1) is 11.2. The van der Waals surface area contributed by atoms with Gasteiger partial charge in [0, 0.05) is 6.07 Å². The molecule has 2 heterocycles. The molecule has 7 heteroatoms. The molecule has 0 saturated heterocycles. The highest BCUT2D eigenvalue weighted by molar-refractivity contribution is 5.92. The van der Waals surface area contributed by atoms with Gasteiger partial charge in [-0.1, -0.05) is 35.5 Å². The van der Waals surface area contributed by atoms with E-state index in [1.807, 2.05) is 50.2 Å². The molecule has 0 spiro atoms. The van der Waals surface area contributed by atoms with E-state index in [0.29, 0.717) is 5.76 Å². The van der Waals surface area contributed by atoms with Gasteiger partial charge in [-0.2, -0.15) is 0 Å². The average molecular weight is 311 g/mol. The molecule has 0 aliphatic rings. The SMILES string of the molecule is CCc1cc(C(C)NC(=O)c2cn(-c3ccccc3)nn2)on1. The van der Waals surface area contributed by atoms with Crippen LogP contribution in [0, 0.1) is 0 Å². The van der Waals surface area contributed by atoms with Gasteiger partial charge in [0.2, 0.25) is 0 Å². The van der Waals surface area contributed by atoms with Crippen LogP contribution in [-0.2, 0) is 6.42 Å². The second-order valence-corrected chi connectivity index (χ2v) is 5.15. The zero-order valence-electron chi connectivity index (χ0n) is 12.9. The zero-order valence-corrected chi connectivity index (χ0v) is 12.9. The van der Waals surface area contributed by atoms with Gasteiger partial charge in [-0.15, -0.1) is 5.10 Å². The lowest BCUT2D eigenvalue weighted by molar-refractivity contribution is 0.0928. The van der Waals surface area contributed by atoms with E-state index < -0.39 is 0 Å². The third kappa shape index (κ3) is 3.28. The molecule has 0 aliphatic heterocycles. The number of benzene rings is 1. The van der Waals surface area contributed by atoms with Crippen molar-refractivity contribution in [1.29, 1.82) is 0 Å². The van der Waals surface area contributed by atoms with Crippen LogP contribution >= 0.6 is 0 Å². The maximum absolute atomic E-state index is 12.3. The summed E-state index contributed by atoms with van der Waals surface area (Å²) in [5, 5.41) is 14.6. The number of rotatable bonds is 5. The van der Waals surface area contributed by atoms with Gasteiger partial charge in [-0.3, -0.25) is 4.79 Å². The standard InChI is InChI=1S/C16H17N5O2/c1-3-12-9-15(23-19-12)11(2)17-16(22)14-10-21(20-18-14)13-7-5-4-6-8-13/h4-11H,3H2,1-2H3,(H,17,22). The van der Waals surface area contributed by atoms with E-state index >= 15 is 0 Å². The molecule has 7 nitrogen and oxygen atoms in total. The van der Waals surface area contributed by atoms with E-state index in [4.69, 9.17) is 4.52 Å². The molecule has 0 radical (unpaired) electrons. The van der Waals surface area contributed by atoms with Crippen LogP contribution in [-0.4, -0.2) is 26.1 Å². The molecule has 1 unspecified atom stereocenters. The van der Waals surface area contributed by atoms with E-state index in [1.165, 1.54) is 0 Å². The molecule has 118 valence electrons. The average Bonchev–Trinajstić information content (AvgIpc) is 3.25. The topological polar surface area (TPSA) is 85.8 Å². The largest absolute Gasteiger partial charge is 0.359 e. The number of hydrogen-bond donors (Lipinski definition) is 1. The van der Waals surface area contributed by atoms with Crippen LogP contribution in [0.3, 0.4) is 0 Å². The van der Waals surface area contributed by atoms with Crippen LogP contribution in [0.5, 0.6) is 0 Å². The molecule has 1 atom stereocenters. The highest BCUT2D eigenvalue weighted by atomic mass is 16.5. The molecular formula is C16H17N5O2. The van der Waals surface area contributed by atoms with E-state index in [0.717, 1.165) is 17.8 Å². The lowest BCUT2D eigenvalue weighted by Gasteiger charge is -2.08. The minimum Gasteiger partial charge on any atom is -0.359 e. The molecule has 0 saturated carbocycles. The predicted octanol–water partition coefficient (Wildman–Crippen LogP) is 2.31. The summed E-state index contributed by atoms with van der Waals surface area (Å²) in [6.07, 6.45) is 2.38. The first kappa shape index (κ1) is 15.0. The van der Waals surface area contributed by atoms with Gasteiger partial charge in [-0.25, -0.2) is 4.68 Å². The number of aromatic nitrogens is 4. The van der Waals surface area contributed by atoms with Gasteiger partial charge < -0.3 is 9.84 Å². The van der Waals surface area contributed by atoms with Crippen molar-refractivity contribution in [3.8, 4) is 5.69 Å². The van der Waals surface area contributed by atoms with Crippen molar-refractivity contribution >= 4 is 5.91 Å². The number of nitrogens with one attached hydrogen (secondary N) is 1. The van der Waals surface area contributed by atoms with E-state index in [9.17, 15) is 4.79 Å². The number of para-hydroxylation sites is 1. The maximum atomic E-state index is 12.3. The quantitative estimate of drug-likeness (QED) is 0.781. The molecule has 2 aromatic heterocycles. The summed E-state index contributed by atoms with van der Waals surface area (Å²) in [4.78, 5) is 12.3. The number of carbonyl (C=O) groups excluding carboxylic acids is 1. The lowest BCUT2D eigenvalue weighted by atomic mass is 10.2. The third-order valence-electron chi connectivity index (χ3n) is 3.46. The summed E-state index contributed by atoms with van der Waals surface area (Å²) >= 11 is 0. The lowest BCUT2D eigenvalue weighted by Crippen LogP contribution is -2.26. The first-order valence-electron chi connectivity index (χ1n) is 7.41. The van der Waals surface area contributed by atoms with Crippen molar-refractivity contribution in [3.05, 3.63) is 59.7 Å². The molecule has 23 heavy (non-hydrogen) atoms. The second-order valence-electron chi connectivity index (χ2n) is 5.15. The van der Waals surface area contributed by atoms with Crippen molar-refractivity contribution in [1.82, 2.24) is 25.5 Å².